The highest BCUT2D eigenvalue weighted by Gasteiger charge is 2.25. The van der Waals surface area contributed by atoms with Gasteiger partial charge in [-0.2, -0.15) is 0 Å². The second kappa shape index (κ2) is 3.67. The Labute approximate surface area is 91.0 Å². The summed E-state index contributed by atoms with van der Waals surface area (Å²) in [6.07, 6.45) is -0.416. The number of carbonyl (C=O) groups is 1. The smallest absolute Gasteiger partial charge is 0.407 e. The molecule has 0 bridgehead atoms. The highest BCUT2D eigenvalue weighted by Crippen LogP contribution is 2.28. The number of benzene rings is 1. The Bertz CT molecular complexity index is 381. The minimum absolute atomic E-state index is 0.174. The summed E-state index contributed by atoms with van der Waals surface area (Å²) in [5.41, 5.74) is 0.821. The van der Waals surface area contributed by atoms with Crippen LogP contribution in [0, 0.1) is 0 Å². The van der Waals surface area contributed by atoms with E-state index < -0.39 is 6.09 Å². The van der Waals surface area contributed by atoms with Gasteiger partial charge in [0.05, 0.1) is 6.04 Å². The largest absolute Gasteiger partial charge is 0.447 e. The lowest BCUT2D eigenvalue weighted by Crippen LogP contribution is -2.18. The van der Waals surface area contributed by atoms with E-state index in [2.05, 4.69) is 5.32 Å². The summed E-state index contributed by atoms with van der Waals surface area (Å²) in [6, 6.07) is 4.98. The van der Waals surface area contributed by atoms with Gasteiger partial charge < -0.3 is 10.1 Å². The van der Waals surface area contributed by atoms with E-state index in [0.29, 0.717) is 16.7 Å². The molecule has 1 amide bonds. The van der Waals surface area contributed by atoms with Crippen molar-refractivity contribution < 1.29 is 9.53 Å². The van der Waals surface area contributed by atoms with Gasteiger partial charge in [0.1, 0.15) is 6.61 Å². The van der Waals surface area contributed by atoms with Crippen LogP contribution in [0.3, 0.4) is 0 Å². The van der Waals surface area contributed by atoms with Crippen LogP contribution < -0.4 is 5.32 Å². The molecule has 0 radical (unpaired) electrons. The fourth-order valence-electron chi connectivity index (χ4n) is 1.34. The Kier molecular flexibility index (Phi) is 2.52. The molecule has 1 aromatic rings. The van der Waals surface area contributed by atoms with Crippen LogP contribution in [0.5, 0.6) is 0 Å². The van der Waals surface area contributed by atoms with Crippen LogP contribution >= 0.6 is 23.2 Å². The third-order valence-corrected chi connectivity index (χ3v) is 2.57. The first-order valence-electron chi connectivity index (χ1n) is 4.05. The Morgan fingerprint density at radius 2 is 2.21 bits per heavy atom. The molecule has 1 aliphatic rings. The molecular formula is C9H7Cl2NO2. The van der Waals surface area contributed by atoms with Crippen molar-refractivity contribution in [3.63, 3.8) is 0 Å². The Morgan fingerprint density at radius 1 is 1.43 bits per heavy atom. The number of halogens is 2. The molecule has 1 saturated heterocycles. The van der Waals surface area contributed by atoms with E-state index in [1.165, 1.54) is 0 Å². The molecule has 1 aliphatic heterocycles. The van der Waals surface area contributed by atoms with Gasteiger partial charge in [0.2, 0.25) is 0 Å². The number of hydrogen-bond donors (Lipinski definition) is 1. The monoisotopic (exact) mass is 231 g/mol. The molecule has 1 fully saturated rings. The van der Waals surface area contributed by atoms with Crippen LogP contribution in [0.4, 0.5) is 4.79 Å². The van der Waals surface area contributed by atoms with Crippen LogP contribution in [-0.4, -0.2) is 12.7 Å². The van der Waals surface area contributed by atoms with Gasteiger partial charge in [-0.15, -0.1) is 0 Å². The molecule has 1 aromatic carbocycles. The third kappa shape index (κ3) is 1.79. The van der Waals surface area contributed by atoms with E-state index in [-0.39, 0.29) is 6.04 Å². The number of ether oxygens (including phenoxy) is 1. The number of carbonyl (C=O) groups excluding carboxylic acids is 1. The zero-order valence-corrected chi connectivity index (χ0v) is 8.60. The van der Waals surface area contributed by atoms with Gasteiger partial charge in [-0.3, -0.25) is 0 Å². The van der Waals surface area contributed by atoms with Gasteiger partial charge in [-0.05, 0) is 17.7 Å². The summed E-state index contributed by atoms with van der Waals surface area (Å²) in [4.78, 5) is 10.8. The van der Waals surface area contributed by atoms with Crippen molar-refractivity contribution in [3.05, 3.63) is 33.8 Å². The molecule has 1 atom stereocenters. The Morgan fingerprint density at radius 3 is 2.79 bits per heavy atom. The highest BCUT2D eigenvalue weighted by atomic mass is 35.5. The average Bonchev–Trinajstić information content (AvgIpc) is 2.51. The summed E-state index contributed by atoms with van der Waals surface area (Å²) >= 11 is 11.7. The summed E-state index contributed by atoms with van der Waals surface area (Å²) in [6.45, 7) is 0.306. The van der Waals surface area contributed by atoms with Crippen molar-refractivity contribution in [1.29, 1.82) is 0 Å². The fourth-order valence-corrected chi connectivity index (χ4v) is 1.88. The molecule has 0 aliphatic carbocycles. The lowest BCUT2D eigenvalue weighted by atomic mass is 10.1. The van der Waals surface area contributed by atoms with E-state index in [1.807, 2.05) is 0 Å². The van der Waals surface area contributed by atoms with Crippen LogP contribution in [0.25, 0.3) is 0 Å². The van der Waals surface area contributed by atoms with Crippen molar-refractivity contribution in [2.45, 2.75) is 6.04 Å². The van der Waals surface area contributed by atoms with E-state index >= 15 is 0 Å². The molecule has 0 aromatic heterocycles. The molecule has 1 heterocycles. The zero-order valence-electron chi connectivity index (χ0n) is 7.09. The first-order chi connectivity index (χ1) is 6.66. The van der Waals surface area contributed by atoms with Gasteiger partial charge in [-0.25, -0.2) is 4.79 Å². The van der Waals surface area contributed by atoms with Gasteiger partial charge in [0.15, 0.2) is 0 Å². The highest BCUT2D eigenvalue weighted by molar-refractivity contribution is 6.35. The standard InChI is InChI=1S/C9H7Cl2NO2/c10-5-1-2-6(7(11)3-5)8-4-14-9(13)12-8/h1-3,8H,4H2,(H,12,13)/t8-/m0/s1. The van der Waals surface area contributed by atoms with Crippen molar-refractivity contribution in [2.75, 3.05) is 6.61 Å². The first-order valence-corrected chi connectivity index (χ1v) is 4.80. The van der Waals surface area contributed by atoms with E-state index in [1.54, 1.807) is 18.2 Å². The maximum atomic E-state index is 10.8. The lowest BCUT2D eigenvalue weighted by Gasteiger charge is -2.09. The fraction of sp³-hybridized carbons (Fsp3) is 0.222. The third-order valence-electron chi connectivity index (χ3n) is 2.01. The summed E-state index contributed by atoms with van der Waals surface area (Å²) < 4.78 is 4.76. The van der Waals surface area contributed by atoms with E-state index in [9.17, 15) is 4.79 Å². The molecule has 14 heavy (non-hydrogen) atoms. The molecule has 5 heteroatoms. The molecule has 3 nitrogen and oxygen atoms in total. The van der Waals surface area contributed by atoms with Gasteiger partial charge >= 0.3 is 6.09 Å². The second-order valence-electron chi connectivity index (χ2n) is 2.96. The van der Waals surface area contributed by atoms with Crippen molar-refractivity contribution >= 4 is 29.3 Å². The van der Waals surface area contributed by atoms with Gasteiger partial charge in [-0.1, -0.05) is 29.3 Å². The SMILES string of the molecule is O=C1N[C@H](c2ccc(Cl)cc2Cl)CO1. The zero-order chi connectivity index (χ0) is 10.1. The number of nitrogens with one attached hydrogen (secondary N) is 1. The predicted molar refractivity (Wildman–Crippen MR) is 53.7 cm³/mol. The Hall–Kier alpha value is -0.930. The second-order valence-corrected chi connectivity index (χ2v) is 3.80. The number of amides is 1. The van der Waals surface area contributed by atoms with Gasteiger partial charge in [0, 0.05) is 10.0 Å². The van der Waals surface area contributed by atoms with Crippen LogP contribution in [-0.2, 0) is 4.74 Å². The minimum Gasteiger partial charge on any atom is -0.447 e. The van der Waals surface area contributed by atoms with E-state index in [4.69, 9.17) is 27.9 Å². The van der Waals surface area contributed by atoms with Crippen molar-refractivity contribution in [3.8, 4) is 0 Å². The number of alkyl carbamates (subject to hydrolysis) is 1. The normalized spacial score (nSPS) is 20.4. The topological polar surface area (TPSA) is 38.3 Å². The molecule has 1 N–H and O–H groups in total. The van der Waals surface area contributed by atoms with E-state index in [0.717, 1.165) is 5.56 Å². The van der Waals surface area contributed by atoms with Crippen molar-refractivity contribution in [1.82, 2.24) is 5.32 Å². The number of rotatable bonds is 1. The summed E-state index contributed by atoms with van der Waals surface area (Å²) in [5.74, 6) is 0. The van der Waals surface area contributed by atoms with Crippen LogP contribution in [0.1, 0.15) is 11.6 Å². The van der Waals surface area contributed by atoms with Crippen LogP contribution in [0.15, 0.2) is 18.2 Å². The summed E-state index contributed by atoms with van der Waals surface area (Å²) in [5, 5.41) is 3.75. The average molecular weight is 232 g/mol. The molecular weight excluding hydrogens is 225 g/mol. The van der Waals surface area contributed by atoms with Crippen molar-refractivity contribution in [2.24, 2.45) is 0 Å². The minimum atomic E-state index is -0.416. The molecule has 0 unspecified atom stereocenters. The number of cyclic esters (lactones) is 1. The maximum Gasteiger partial charge on any atom is 0.407 e. The number of hydrogen-bond acceptors (Lipinski definition) is 2. The Balaban J connectivity index is 2.28. The summed E-state index contributed by atoms with van der Waals surface area (Å²) in [7, 11) is 0. The molecule has 2 rings (SSSR count). The molecule has 0 spiro atoms. The maximum absolute atomic E-state index is 10.8. The first kappa shape index (κ1) is 9.62. The quantitative estimate of drug-likeness (QED) is 0.808. The lowest BCUT2D eigenvalue weighted by molar-refractivity contribution is 0.177. The molecule has 0 saturated carbocycles. The predicted octanol–water partition coefficient (Wildman–Crippen LogP) is 2.77. The molecule has 74 valence electrons. The van der Waals surface area contributed by atoms with Gasteiger partial charge in [0.25, 0.3) is 0 Å². The van der Waals surface area contributed by atoms with Crippen LogP contribution in [0.2, 0.25) is 10.0 Å².